The number of nitrogens with one attached hydrogen (secondary N) is 2. The first-order valence-corrected chi connectivity index (χ1v) is 10.3. The van der Waals surface area contributed by atoms with Crippen LogP contribution in [-0.4, -0.2) is 24.4 Å². The lowest BCUT2D eigenvalue weighted by Crippen LogP contribution is -2.30. The molecule has 0 amide bonds. The van der Waals surface area contributed by atoms with Crippen LogP contribution in [0.5, 0.6) is 5.75 Å². The third-order valence-electron chi connectivity index (χ3n) is 5.22. The number of Topliss-reactive ketones (excluding diaryl/α,β-unsaturated/α-hetero) is 1. The number of benzene rings is 3. The Balaban J connectivity index is 1.58. The van der Waals surface area contributed by atoms with Gasteiger partial charge < -0.3 is 15.0 Å². The van der Waals surface area contributed by atoms with Crippen molar-refractivity contribution in [3.05, 3.63) is 101 Å². The molecule has 3 aromatic carbocycles. The molecule has 4 nitrogen and oxygen atoms in total. The van der Waals surface area contributed by atoms with Crippen LogP contribution in [0.2, 0.25) is 5.02 Å². The minimum absolute atomic E-state index is 0.0359. The van der Waals surface area contributed by atoms with E-state index in [1.54, 1.807) is 13.3 Å². The number of ether oxygens (including phenoxy) is 1. The molecule has 0 bridgehead atoms. The van der Waals surface area contributed by atoms with Crippen LogP contribution in [0.25, 0.3) is 10.9 Å². The molecule has 1 aromatic heterocycles. The molecule has 5 heteroatoms. The first-order chi connectivity index (χ1) is 14.7. The fourth-order valence-electron chi connectivity index (χ4n) is 3.61. The van der Waals surface area contributed by atoms with E-state index in [0.29, 0.717) is 12.1 Å². The van der Waals surface area contributed by atoms with Crippen molar-refractivity contribution in [1.29, 1.82) is 0 Å². The van der Waals surface area contributed by atoms with Crippen molar-refractivity contribution in [3.63, 3.8) is 0 Å². The standard InChI is InChI=1S/C25H23ClN2O2/c1-30-20-11-12-21-22(16-28-23(21)15-20)25(29)24(18-5-3-2-4-6-18)27-14-13-17-7-9-19(26)10-8-17/h2-12,15-16,24,27-28H,13-14H2,1H3/t24-/m1/s1. The number of hydrogen-bond donors (Lipinski definition) is 2. The van der Waals surface area contributed by atoms with E-state index in [1.807, 2.05) is 72.8 Å². The maximum atomic E-state index is 13.5. The summed E-state index contributed by atoms with van der Waals surface area (Å²) >= 11 is 5.97. The number of methoxy groups -OCH3 is 1. The average molecular weight is 419 g/mol. The minimum atomic E-state index is -0.431. The predicted octanol–water partition coefficient (Wildman–Crippen LogP) is 5.59. The molecular formula is C25H23ClN2O2. The molecule has 0 fully saturated rings. The zero-order valence-electron chi connectivity index (χ0n) is 16.7. The summed E-state index contributed by atoms with van der Waals surface area (Å²) in [5, 5.41) is 5.07. The number of aromatic nitrogens is 1. The van der Waals surface area contributed by atoms with Crippen LogP contribution < -0.4 is 10.1 Å². The van der Waals surface area contributed by atoms with E-state index in [1.165, 1.54) is 5.56 Å². The number of halogens is 1. The van der Waals surface area contributed by atoms with E-state index >= 15 is 0 Å². The molecule has 4 rings (SSSR count). The summed E-state index contributed by atoms with van der Waals surface area (Å²) in [4.78, 5) is 16.7. The van der Waals surface area contributed by atoms with Gasteiger partial charge in [-0.15, -0.1) is 0 Å². The number of hydrogen-bond acceptors (Lipinski definition) is 3. The van der Waals surface area contributed by atoms with Crippen LogP contribution in [-0.2, 0) is 6.42 Å². The molecule has 0 aliphatic heterocycles. The molecule has 0 aliphatic rings. The minimum Gasteiger partial charge on any atom is -0.497 e. The van der Waals surface area contributed by atoms with Crippen LogP contribution in [0, 0.1) is 0 Å². The third-order valence-corrected chi connectivity index (χ3v) is 5.48. The monoisotopic (exact) mass is 418 g/mol. The van der Waals surface area contributed by atoms with Gasteiger partial charge in [0.15, 0.2) is 5.78 Å². The Hall–Kier alpha value is -3.08. The maximum Gasteiger partial charge on any atom is 0.186 e. The number of H-pyrrole nitrogens is 1. The number of rotatable bonds is 8. The van der Waals surface area contributed by atoms with E-state index in [9.17, 15) is 4.79 Å². The molecule has 0 aliphatic carbocycles. The van der Waals surface area contributed by atoms with Gasteiger partial charge in [-0.05, 0) is 41.8 Å². The van der Waals surface area contributed by atoms with Crippen LogP contribution in [0.3, 0.4) is 0 Å². The molecule has 0 radical (unpaired) electrons. The third kappa shape index (κ3) is 4.40. The summed E-state index contributed by atoms with van der Waals surface area (Å²) in [6.07, 6.45) is 2.59. The highest BCUT2D eigenvalue weighted by Crippen LogP contribution is 2.27. The van der Waals surface area contributed by atoms with Crippen molar-refractivity contribution in [2.75, 3.05) is 13.7 Å². The van der Waals surface area contributed by atoms with Crippen molar-refractivity contribution < 1.29 is 9.53 Å². The Kier molecular flexibility index (Phi) is 6.17. The van der Waals surface area contributed by atoms with Crippen molar-refractivity contribution in [2.45, 2.75) is 12.5 Å². The number of ketones is 1. The Morgan fingerprint density at radius 3 is 2.57 bits per heavy atom. The van der Waals surface area contributed by atoms with Crippen molar-refractivity contribution >= 4 is 28.3 Å². The summed E-state index contributed by atoms with van der Waals surface area (Å²) in [7, 11) is 1.63. The Bertz CT molecular complexity index is 1140. The quantitative estimate of drug-likeness (QED) is 0.367. The molecule has 0 unspecified atom stereocenters. The van der Waals surface area contributed by atoms with Gasteiger partial charge in [-0.1, -0.05) is 54.1 Å². The molecule has 0 saturated heterocycles. The molecule has 1 atom stereocenters. The van der Waals surface area contributed by atoms with Gasteiger partial charge in [0.25, 0.3) is 0 Å². The zero-order valence-corrected chi connectivity index (χ0v) is 17.4. The molecular weight excluding hydrogens is 396 g/mol. The summed E-state index contributed by atoms with van der Waals surface area (Å²) in [6, 6.07) is 22.9. The average Bonchev–Trinajstić information content (AvgIpc) is 3.21. The summed E-state index contributed by atoms with van der Waals surface area (Å²) in [5.41, 5.74) is 3.66. The Morgan fingerprint density at radius 1 is 1.07 bits per heavy atom. The number of aromatic amines is 1. The van der Waals surface area contributed by atoms with E-state index in [0.717, 1.165) is 33.7 Å². The number of fused-ring (bicyclic) bond motifs is 1. The highest BCUT2D eigenvalue weighted by Gasteiger charge is 2.24. The fourth-order valence-corrected chi connectivity index (χ4v) is 3.74. The SMILES string of the molecule is COc1ccc2c(C(=O)[C@H](NCCc3ccc(Cl)cc3)c3ccccc3)c[nH]c2c1. The van der Waals surface area contributed by atoms with E-state index in [2.05, 4.69) is 10.3 Å². The summed E-state index contributed by atoms with van der Waals surface area (Å²) < 4.78 is 5.29. The van der Waals surface area contributed by atoms with Gasteiger partial charge >= 0.3 is 0 Å². The maximum absolute atomic E-state index is 13.5. The second kappa shape index (κ2) is 9.16. The lowest BCUT2D eigenvalue weighted by atomic mass is 9.96. The topological polar surface area (TPSA) is 54.1 Å². The number of carbonyl (C=O) groups is 1. The first kappa shape index (κ1) is 20.2. The lowest BCUT2D eigenvalue weighted by Gasteiger charge is -2.18. The van der Waals surface area contributed by atoms with E-state index in [-0.39, 0.29) is 5.78 Å². The molecule has 1 heterocycles. The zero-order chi connectivity index (χ0) is 20.9. The normalized spacial score (nSPS) is 12.1. The lowest BCUT2D eigenvalue weighted by molar-refractivity contribution is 0.0945. The molecule has 152 valence electrons. The Labute approximate surface area is 180 Å². The first-order valence-electron chi connectivity index (χ1n) is 9.88. The van der Waals surface area contributed by atoms with Gasteiger partial charge in [0.2, 0.25) is 0 Å². The molecule has 30 heavy (non-hydrogen) atoms. The molecule has 4 aromatic rings. The van der Waals surface area contributed by atoms with E-state index < -0.39 is 6.04 Å². The van der Waals surface area contributed by atoms with Crippen molar-refractivity contribution in [2.24, 2.45) is 0 Å². The Morgan fingerprint density at radius 2 is 1.83 bits per heavy atom. The van der Waals surface area contributed by atoms with Gasteiger partial charge in [0.1, 0.15) is 5.75 Å². The largest absolute Gasteiger partial charge is 0.497 e. The van der Waals surface area contributed by atoms with Gasteiger partial charge in [0.05, 0.1) is 13.2 Å². The molecule has 0 spiro atoms. The summed E-state index contributed by atoms with van der Waals surface area (Å²) in [6.45, 7) is 0.670. The highest BCUT2D eigenvalue weighted by molar-refractivity contribution is 6.30. The second-order valence-corrected chi connectivity index (χ2v) is 7.59. The van der Waals surface area contributed by atoms with Crippen LogP contribution in [0.15, 0.2) is 79.0 Å². The van der Waals surface area contributed by atoms with Gasteiger partial charge in [-0.3, -0.25) is 4.79 Å². The highest BCUT2D eigenvalue weighted by atomic mass is 35.5. The smallest absolute Gasteiger partial charge is 0.186 e. The van der Waals surface area contributed by atoms with Crippen LogP contribution >= 0.6 is 11.6 Å². The van der Waals surface area contributed by atoms with Crippen LogP contribution in [0.1, 0.15) is 27.5 Å². The number of carbonyl (C=O) groups excluding carboxylic acids is 1. The van der Waals surface area contributed by atoms with Crippen molar-refractivity contribution in [1.82, 2.24) is 10.3 Å². The fraction of sp³-hybridized carbons (Fsp3) is 0.160. The van der Waals surface area contributed by atoms with Gasteiger partial charge in [-0.25, -0.2) is 0 Å². The van der Waals surface area contributed by atoms with Crippen molar-refractivity contribution in [3.8, 4) is 5.75 Å². The predicted molar refractivity (Wildman–Crippen MR) is 122 cm³/mol. The van der Waals surface area contributed by atoms with Crippen LogP contribution in [0.4, 0.5) is 0 Å². The second-order valence-electron chi connectivity index (χ2n) is 7.15. The van der Waals surface area contributed by atoms with Gasteiger partial charge in [0, 0.05) is 40.3 Å². The summed E-state index contributed by atoms with van der Waals surface area (Å²) in [5.74, 6) is 0.790. The van der Waals surface area contributed by atoms with E-state index in [4.69, 9.17) is 16.3 Å². The van der Waals surface area contributed by atoms with Gasteiger partial charge in [-0.2, -0.15) is 0 Å². The molecule has 2 N–H and O–H groups in total. The molecule has 0 saturated carbocycles.